The summed E-state index contributed by atoms with van der Waals surface area (Å²) in [6, 6.07) is 6.31. The van der Waals surface area contributed by atoms with Gasteiger partial charge in [-0.1, -0.05) is 17.9 Å². The fourth-order valence-electron chi connectivity index (χ4n) is 1.27. The molecule has 0 bridgehead atoms. The lowest BCUT2D eigenvalue weighted by Crippen LogP contribution is -2.26. The van der Waals surface area contributed by atoms with Crippen LogP contribution in [0.3, 0.4) is 0 Å². The number of amides is 2. The molecule has 0 fully saturated rings. The van der Waals surface area contributed by atoms with E-state index < -0.39 is 0 Å². The second-order valence-corrected chi connectivity index (χ2v) is 3.35. The Balaban J connectivity index is 2.80. The van der Waals surface area contributed by atoms with Crippen molar-refractivity contribution in [3.63, 3.8) is 0 Å². The van der Waals surface area contributed by atoms with Crippen LogP contribution in [0.4, 0.5) is 0 Å². The van der Waals surface area contributed by atoms with Crippen molar-refractivity contribution in [2.24, 2.45) is 0 Å². The van der Waals surface area contributed by atoms with Crippen molar-refractivity contribution in [1.82, 2.24) is 10.6 Å². The number of hydrogen-bond donors (Lipinski definition) is 2. The zero-order valence-electron chi connectivity index (χ0n) is 9.69. The van der Waals surface area contributed by atoms with Gasteiger partial charge in [-0.15, -0.1) is 12.8 Å². The van der Waals surface area contributed by atoms with Crippen molar-refractivity contribution in [2.75, 3.05) is 13.1 Å². The van der Waals surface area contributed by atoms with Gasteiger partial charge in [0.2, 0.25) is 0 Å². The molecule has 0 saturated carbocycles. The number of carbonyl (C=O) groups excluding carboxylic acids is 2. The summed E-state index contributed by atoms with van der Waals surface area (Å²) in [6.07, 6.45) is 10.1. The number of nitrogens with one attached hydrogen (secondary N) is 2. The first-order valence-corrected chi connectivity index (χ1v) is 5.22. The van der Waals surface area contributed by atoms with Crippen LogP contribution in [0, 0.1) is 24.7 Å². The minimum absolute atomic E-state index is 0.145. The number of hydrogen-bond acceptors (Lipinski definition) is 2. The van der Waals surface area contributed by atoms with Gasteiger partial charge in [-0.2, -0.15) is 0 Å². The molecule has 1 aromatic carbocycles. The van der Waals surface area contributed by atoms with Gasteiger partial charge in [-0.3, -0.25) is 9.59 Å². The summed E-state index contributed by atoms with van der Waals surface area (Å²) in [6.45, 7) is 0.290. The van der Waals surface area contributed by atoms with E-state index in [0.29, 0.717) is 11.1 Å². The average Bonchev–Trinajstić information content (AvgIpc) is 2.42. The molecular weight excluding hydrogens is 228 g/mol. The van der Waals surface area contributed by atoms with E-state index in [1.807, 2.05) is 0 Å². The van der Waals surface area contributed by atoms with Crippen molar-refractivity contribution in [1.29, 1.82) is 0 Å². The van der Waals surface area contributed by atoms with E-state index in [2.05, 4.69) is 22.5 Å². The molecule has 1 aromatic rings. The van der Waals surface area contributed by atoms with E-state index in [1.165, 1.54) is 6.07 Å². The molecule has 0 saturated heterocycles. The van der Waals surface area contributed by atoms with E-state index in [9.17, 15) is 9.59 Å². The maximum absolute atomic E-state index is 11.6. The molecule has 0 aliphatic heterocycles. The standard InChI is InChI=1S/C14H12N2O2/c1-3-8-15-13(17)11-6-5-7-12(10-11)14(18)16-9-4-2/h1-2,5-7,10H,8-9H2,(H,15,17)(H,16,18). The molecule has 4 heteroatoms. The summed E-state index contributed by atoms with van der Waals surface area (Å²) in [5.41, 5.74) is 0.747. The summed E-state index contributed by atoms with van der Waals surface area (Å²) < 4.78 is 0. The SMILES string of the molecule is C#CCNC(=O)c1cccc(C(=O)NCC#C)c1. The molecular formula is C14H12N2O2. The highest BCUT2D eigenvalue weighted by Gasteiger charge is 2.09. The third-order valence-electron chi connectivity index (χ3n) is 2.09. The van der Waals surface area contributed by atoms with Crippen molar-refractivity contribution in [3.8, 4) is 24.7 Å². The highest BCUT2D eigenvalue weighted by Crippen LogP contribution is 2.05. The van der Waals surface area contributed by atoms with Crippen LogP contribution in [0.1, 0.15) is 20.7 Å². The number of benzene rings is 1. The third-order valence-corrected chi connectivity index (χ3v) is 2.09. The molecule has 90 valence electrons. The molecule has 0 heterocycles. The predicted octanol–water partition coefficient (Wildman–Crippen LogP) is 0.413. The van der Waals surface area contributed by atoms with Crippen molar-refractivity contribution >= 4 is 11.8 Å². The molecule has 4 nitrogen and oxygen atoms in total. The lowest BCUT2D eigenvalue weighted by Gasteiger charge is -2.05. The Morgan fingerprint density at radius 3 is 1.83 bits per heavy atom. The number of rotatable bonds is 4. The minimum Gasteiger partial charge on any atom is -0.341 e. The van der Waals surface area contributed by atoms with Crippen LogP contribution in [0.5, 0.6) is 0 Å². The van der Waals surface area contributed by atoms with E-state index >= 15 is 0 Å². The number of carbonyl (C=O) groups is 2. The first-order chi connectivity index (χ1) is 8.69. The molecule has 0 atom stereocenters. The molecule has 0 aliphatic rings. The molecule has 1 rings (SSSR count). The van der Waals surface area contributed by atoms with Crippen LogP contribution in [0.25, 0.3) is 0 Å². The Bertz CT molecular complexity index is 490. The first-order valence-electron chi connectivity index (χ1n) is 5.22. The maximum Gasteiger partial charge on any atom is 0.252 e. The quantitative estimate of drug-likeness (QED) is 0.749. The average molecular weight is 240 g/mol. The van der Waals surface area contributed by atoms with Gasteiger partial charge in [0.1, 0.15) is 0 Å². The van der Waals surface area contributed by atoms with Gasteiger partial charge in [0.05, 0.1) is 13.1 Å². The molecule has 0 unspecified atom stereocenters. The summed E-state index contributed by atoms with van der Waals surface area (Å²) in [5, 5.41) is 5.04. The van der Waals surface area contributed by atoms with Crippen molar-refractivity contribution < 1.29 is 9.59 Å². The maximum atomic E-state index is 11.6. The highest BCUT2D eigenvalue weighted by atomic mass is 16.2. The molecule has 0 aromatic heterocycles. The minimum atomic E-state index is -0.320. The molecule has 0 radical (unpaired) electrons. The first kappa shape index (κ1) is 13.3. The zero-order valence-corrected chi connectivity index (χ0v) is 9.69. The molecule has 0 spiro atoms. The van der Waals surface area contributed by atoms with Crippen molar-refractivity contribution in [3.05, 3.63) is 35.4 Å². The van der Waals surface area contributed by atoms with Gasteiger partial charge in [0.25, 0.3) is 11.8 Å². The molecule has 18 heavy (non-hydrogen) atoms. The summed E-state index contributed by atoms with van der Waals surface area (Å²) in [7, 11) is 0. The summed E-state index contributed by atoms with van der Waals surface area (Å²) >= 11 is 0. The zero-order chi connectivity index (χ0) is 13.4. The fraction of sp³-hybridized carbons (Fsp3) is 0.143. The Morgan fingerprint density at radius 2 is 1.44 bits per heavy atom. The van der Waals surface area contributed by atoms with Crippen molar-refractivity contribution in [2.45, 2.75) is 0 Å². The van der Waals surface area contributed by atoms with Crippen LogP contribution in [0.15, 0.2) is 24.3 Å². The van der Waals surface area contributed by atoms with Crippen LogP contribution in [0.2, 0.25) is 0 Å². The lowest BCUT2D eigenvalue weighted by molar-refractivity contribution is 0.0958. The Labute approximate surface area is 106 Å². The van der Waals surface area contributed by atoms with E-state index in [4.69, 9.17) is 12.8 Å². The molecule has 0 aliphatic carbocycles. The predicted molar refractivity (Wildman–Crippen MR) is 68.8 cm³/mol. The lowest BCUT2D eigenvalue weighted by atomic mass is 10.1. The van der Waals surface area contributed by atoms with Gasteiger partial charge in [-0.25, -0.2) is 0 Å². The van der Waals surface area contributed by atoms with Crippen LogP contribution in [-0.2, 0) is 0 Å². The van der Waals surface area contributed by atoms with Crippen LogP contribution >= 0.6 is 0 Å². The number of terminal acetylenes is 2. The highest BCUT2D eigenvalue weighted by molar-refractivity contribution is 5.99. The second kappa shape index (κ2) is 6.78. The largest absolute Gasteiger partial charge is 0.341 e. The Hall–Kier alpha value is -2.72. The van der Waals surface area contributed by atoms with Gasteiger partial charge < -0.3 is 10.6 Å². The smallest absolute Gasteiger partial charge is 0.252 e. The van der Waals surface area contributed by atoms with Crippen LogP contribution < -0.4 is 10.6 Å². The fourth-order valence-corrected chi connectivity index (χ4v) is 1.27. The Morgan fingerprint density at radius 1 is 1.00 bits per heavy atom. The molecule has 2 amide bonds. The molecule has 2 N–H and O–H groups in total. The summed E-state index contributed by atoms with van der Waals surface area (Å²) in [5.74, 6) is 3.96. The van der Waals surface area contributed by atoms with E-state index in [-0.39, 0.29) is 24.9 Å². The Kier molecular flexibility index (Phi) is 5.02. The van der Waals surface area contributed by atoms with E-state index in [1.54, 1.807) is 18.2 Å². The van der Waals surface area contributed by atoms with E-state index in [0.717, 1.165) is 0 Å². The third kappa shape index (κ3) is 3.70. The van der Waals surface area contributed by atoms with Gasteiger partial charge in [0, 0.05) is 11.1 Å². The van der Waals surface area contributed by atoms with Gasteiger partial charge >= 0.3 is 0 Å². The summed E-state index contributed by atoms with van der Waals surface area (Å²) in [4.78, 5) is 23.2. The van der Waals surface area contributed by atoms with Gasteiger partial charge in [-0.05, 0) is 18.2 Å². The van der Waals surface area contributed by atoms with Gasteiger partial charge in [0.15, 0.2) is 0 Å². The topological polar surface area (TPSA) is 58.2 Å². The normalized spacial score (nSPS) is 8.78. The monoisotopic (exact) mass is 240 g/mol. The second-order valence-electron chi connectivity index (χ2n) is 3.35. The van der Waals surface area contributed by atoms with Crippen LogP contribution in [-0.4, -0.2) is 24.9 Å².